The molecule has 2 aromatic carbocycles. The predicted octanol–water partition coefficient (Wildman–Crippen LogP) is 7.10. The van der Waals surface area contributed by atoms with Crippen LogP contribution in [0.2, 0.25) is 0 Å². The fraction of sp³-hybridized carbons (Fsp3) is 0.417. The van der Waals surface area contributed by atoms with Crippen molar-refractivity contribution in [3.63, 3.8) is 0 Å². The summed E-state index contributed by atoms with van der Waals surface area (Å²) in [4.78, 5) is 52.0. The third-order valence-electron chi connectivity index (χ3n) is 14.4. The zero-order valence-electron chi connectivity index (χ0n) is 38.2. The Morgan fingerprint density at radius 2 is 1.71 bits per heavy atom. The van der Waals surface area contributed by atoms with E-state index in [1.54, 1.807) is 62.4 Å². The number of ether oxygens (including phenoxy) is 1. The maximum absolute atomic E-state index is 15.5. The van der Waals surface area contributed by atoms with Gasteiger partial charge in [0.05, 0.1) is 35.0 Å². The molecule has 3 atom stereocenters. The van der Waals surface area contributed by atoms with Crippen molar-refractivity contribution < 1.29 is 23.0 Å². The highest BCUT2D eigenvalue weighted by atomic mass is 31.2. The van der Waals surface area contributed by atoms with Crippen LogP contribution in [0, 0.1) is 25.6 Å². The lowest BCUT2D eigenvalue weighted by Gasteiger charge is -2.34. The Bertz CT molecular complexity index is 3210. The van der Waals surface area contributed by atoms with E-state index in [2.05, 4.69) is 45.6 Å². The summed E-state index contributed by atoms with van der Waals surface area (Å²) in [6, 6.07) is 12.9. The van der Waals surface area contributed by atoms with Crippen molar-refractivity contribution in [1.29, 1.82) is 0 Å². The number of pyridine rings is 1. The number of benzene rings is 2. The molecule has 1 aliphatic carbocycles. The topological polar surface area (TPSA) is 180 Å². The van der Waals surface area contributed by atoms with Gasteiger partial charge in [-0.3, -0.25) is 23.4 Å². The molecule has 10 rings (SSSR count). The number of nitrogens with one attached hydrogen (secondary N) is 2. The van der Waals surface area contributed by atoms with Crippen molar-refractivity contribution in [3.05, 3.63) is 127 Å². The van der Waals surface area contributed by atoms with Crippen LogP contribution in [-0.4, -0.2) is 88.5 Å². The number of anilines is 1. The highest BCUT2D eigenvalue weighted by Gasteiger charge is 2.59. The average Bonchev–Trinajstić information content (AvgIpc) is 3.82. The minimum absolute atomic E-state index is 0.0164. The molecule has 3 aliphatic rings. The van der Waals surface area contributed by atoms with E-state index in [4.69, 9.17) is 14.4 Å². The Labute approximate surface area is 380 Å². The number of aromatic amines is 1. The fourth-order valence-corrected chi connectivity index (χ4v) is 12.5. The first-order valence-electron chi connectivity index (χ1n) is 22.8. The summed E-state index contributed by atoms with van der Waals surface area (Å²) >= 11 is 0. The molecule has 1 saturated carbocycles. The summed E-state index contributed by atoms with van der Waals surface area (Å²) in [6.45, 7) is 12.9. The number of rotatable bonds is 11. The van der Waals surface area contributed by atoms with E-state index in [1.165, 1.54) is 14.7 Å². The summed E-state index contributed by atoms with van der Waals surface area (Å²) in [5.41, 5.74) is 5.52. The second-order valence-corrected chi connectivity index (χ2v) is 21.6. The Hall–Kier alpha value is -6.32. The van der Waals surface area contributed by atoms with Gasteiger partial charge in [-0.1, -0.05) is 32.0 Å². The van der Waals surface area contributed by atoms with Crippen LogP contribution in [0.3, 0.4) is 0 Å². The van der Waals surface area contributed by atoms with E-state index in [1.807, 2.05) is 36.3 Å². The van der Waals surface area contributed by atoms with Gasteiger partial charge in [-0.25, -0.2) is 23.6 Å². The minimum Gasteiger partial charge on any atom is -0.386 e. The summed E-state index contributed by atoms with van der Waals surface area (Å²) in [5, 5.41) is 13.3. The van der Waals surface area contributed by atoms with Crippen molar-refractivity contribution in [2.45, 2.75) is 84.7 Å². The van der Waals surface area contributed by atoms with E-state index in [0.29, 0.717) is 113 Å². The van der Waals surface area contributed by atoms with Gasteiger partial charge in [-0.05, 0) is 105 Å². The molecule has 18 heteroatoms. The number of nitrogens with zero attached hydrogens (tertiary/aromatic N) is 8. The van der Waals surface area contributed by atoms with Gasteiger partial charge in [-0.2, -0.15) is 5.10 Å². The Kier molecular flexibility index (Phi) is 10.7. The molecule has 2 fully saturated rings. The summed E-state index contributed by atoms with van der Waals surface area (Å²) in [7, 11) is -1.02. The molecule has 344 valence electrons. The van der Waals surface area contributed by atoms with Gasteiger partial charge in [0.25, 0.3) is 5.91 Å². The third kappa shape index (κ3) is 6.75. The molecule has 7 aromatic rings. The number of halogens is 1. The number of imidazole rings is 1. The predicted molar refractivity (Wildman–Crippen MR) is 249 cm³/mol. The van der Waals surface area contributed by atoms with E-state index < -0.39 is 30.2 Å². The van der Waals surface area contributed by atoms with E-state index in [0.717, 1.165) is 23.7 Å². The van der Waals surface area contributed by atoms with Gasteiger partial charge >= 0.3 is 11.4 Å². The number of aryl methyl sites for hydroxylation is 2. The number of carbonyl (C=O) groups excluding carboxylic acids is 1. The number of hydrogen-bond acceptors (Lipinski definition) is 10. The van der Waals surface area contributed by atoms with Crippen LogP contribution in [0.1, 0.15) is 103 Å². The first kappa shape index (κ1) is 43.6. The SMILES string of the molecule is CCP(=O)(CC)c1ncc(-n2ccn(-c3c4c(nn3-c3cc(C)c(F)c(C)c3)CCN(C(=O)c3cc5cc(C6CCOCC6)ccc5n3C3(c5noc(=O)[nH]5)CC3C)C4C)c2=O)cc1NC. The molecule has 0 radical (unpaired) electrons. The largest absolute Gasteiger partial charge is 0.438 e. The standard InChI is InChI=1S/C48H54FN10O6P/c1-8-66(63,9-2)42-37(50-7)24-35(26-51-42)56-16-17-57(47(56)62)43-40-30(6)55(15-12-36(40)53-59(43)34-20-27(3)41(49)28(4)21-34)44(60)39-23-33-22-32(31-13-18-64-19-14-31)10-11-38(33)58(39)48(25-29(48)5)45-52-46(61)65-54-45/h10-11,16-17,20-24,26,29-31,50H,8-9,12-15,18-19,25H2,1-7H3,(H,52,54,61). The van der Waals surface area contributed by atoms with E-state index in [9.17, 15) is 14.2 Å². The lowest BCUT2D eigenvalue weighted by atomic mass is 9.91. The van der Waals surface area contributed by atoms with Crippen LogP contribution in [-0.2, 0) is 21.3 Å². The lowest BCUT2D eigenvalue weighted by Crippen LogP contribution is -2.41. The van der Waals surface area contributed by atoms with Gasteiger partial charge in [0.1, 0.15) is 35.4 Å². The third-order valence-corrected chi connectivity index (χ3v) is 17.6. The van der Waals surface area contributed by atoms with Crippen LogP contribution in [0.25, 0.3) is 28.1 Å². The molecule has 66 heavy (non-hydrogen) atoms. The van der Waals surface area contributed by atoms with E-state index >= 15 is 9.18 Å². The highest BCUT2D eigenvalue weighted by molar-refractivity contribution is 7.71. The Morgan fingerprint density at radius 1 is 1.00 bits per heavy atom. The second-order valence-electron chi connectivity index (χ2n) is 18.1. The van der Waals surface area contributed by atoms with Gasteiger partial charge in [0, 0.05) is 74.4 Å². The normalized spacial score (nSPS) is 20.0. The van der Waals surface area contributed by atoms with Gasteiger partial charge in [-0.15, -0.1) is 0 Å². The number of carbonyl (C=O) groups is 1. The van der Waals surface area contributed by atoms with Crippen molar-refractivity contribution in [2.75, 3.05) is 44.4 Å². The molecule has 5 aromatic heterocycles. The summed E-state index contributed by atoms with van der Waals surface area (Å²) in [6.07, 6.45) is 8.61. The lowest BCUT2D eigenvalue weighted by molar-refractivity contribution is 0.0663. The van der Waals surface area contributed by atoms with Gasteiger partial charge < -0.3 is 24.1 Å². The van der Waals surface area contributed by atoms with Crippen molar-refractivity contribution in [2.24, 2.45) is 5.92 Å². The number of aromatic nitrogens is 8. The molecule has 1 saturated heterocycles. The maximum atomic E-state index is 15.5. The molecule has 0 bridgehead atoms. The molecule has 1 amide bonds. The molecule has 0 spiro atoms. The zero-order chi connectivity index (χ0) is 46.4. The first-order chi connectivity index (χ1) is 31.7. The Balaban J connectivity index is 1.11. The van der Waals surface area contributed by atoms with E-state index in [-0.39, 0.29) is 17.6 Å². The molecule has 2 aliphatic heterocycles. The second kappa shape index (κ2) is 16.2. The quantitative estimate of drug-likeness (QED) is 0.127. The molecular weight excluding hydrogens is 863 g/mol. The minimum atomic E-state index is -2.76. The molecule has 7 heterocycles. The molecule has 3 unspecified atom stereocenters. The summed E-state index contributed by atoms with van der Waals surface area (Å²) in [5.74, 6) is -0.105. The highest BCUT2D eigenvalue weighted by Crippen LogP contribution is 2.56. The molecule has 2 N–H and O–H groups in total. The number of amides is 1. The average molecular weight is 917 g/mol. The van der Waals surface area contributed by atoms with Crippen LogP contribution in [0.15, 0.2) is 75.2 Å². The van der Waals surface area contributed by atoms with Crippen LogP contribution >= 0.6 is 7.14 Å². The molecule has 16 nitrogen and oxygen atoms in total. The van der Waals surface area contributed by atoms with Gasteiger partial charge in [0.2, 0.25) is 0 Å². The maximum Gasteiger partial charge on any atom is 0.438 e. The van der Waals surface area contributed by atoms with Crippen molar-refractivity contribution in [1.82, 2.24) is 43.5 Å². The van der Waals surface area contributed by atoms with Crippen LogP contribution < -0.4 is 22.2 Å². The smallest absolute Gasteiger partial charge is 0.386 e. The van der Waals surface area contributed by atoms with Crippen LogP contribution in [0.5, 0.6) is 0 Å². The Morgan fingerprint density at radius 3 is 2.36 bits per heavy atom. The van der Waals surface area contributed by atoms with Gasteiger partial charge in [0.15, 0.2) is 5.82 Å². The fourth-order valence-electron chi connectivity index (χ4n) is 10.6. The van der Waals surface area contributed by atoms with Crippen molar-refractivity contribution >= 4 is 35.1 Å². The van der Waals surface area contributed by atoms with Crippen molar-refractivity contribution in [3.8, 4) is 17.2 Å². The first-order valence-corrected chi connectivity index (χ1v) is 24.9. The zero-order valence-corrected chi connectivity index (χ0v) is 39.1. The monoisotopic (exact) mass is 916 g/mol. The summed E-state index contributed by atoms with van der Waals surface area (Å²) < 4.78 is 46.4. The number of H-pyrrole nitrogens is 1. The number of hydrogen-bond donors (Lipinski definition) is 2. The molecular formula is C48H54FN10O6P. The number of fused-ring (bicyclic) bond motifs is 2. The van der Waals surface area contributed by atoms with Crippen LogP contribution in [0.4, 0.5) is 10.1 Å².